The molecule has 1 heterocycles. The van der Waals surface area contributed by atoms with Crippen molar-refractivity contribution in [3.8, 4) is 10.6 Å². The van der Waals surface area contributed by atoms with Crippen LogP contribution in [-0.2, 0) is 11.2 Å². The summed E-state index contributed by atoms with van der Waals surface area (Å²) in [6.45, 7) is 0. The van der Waals surface area contributed by atoms with E-state index in [1.807, 2.05) is 48.5 Å². The molecule has 8 heteroatoms. The van der Waals surface area contributed by atoms with Crippen LogP contribution in [0.4, 0.5) is 5.69 Å². The molecule has 0 atom stereocenters. The molecule has 4 rings (SSSR count). The van der Waals surface area contributed by atoms with E-state index >= 15 is 0 Å². The average Bonchev–Trinajstić information content (AvgIpc) is 3.15. The van der Waals surface area contributed by atoms with Crippen molar-refractivity contribution in [2.45, 2.75) is 6.42 Å². The molecule has 150 valence electrons. The molecule has 4 nitrogen and oxygen atoms in total. The minimum atomic E-state index is -0.217. The second-order valence-electron chi connectivity index (χ2n) is 6.48. The monoisotopic (exact) mass is 471 g/mol. The van der Waals surface area contributed by atoms with Gasteiger partial charge in [-0.15, -0.1) is 11.3 Å². The van der Waals surface area contributed by atoms with E-state index in [1.54, 1.807) is 29.5 Å². The van der Waals surface area contributed by atoms with E-state index in [-0.39, 0.29) is 17.4 Å². The Kier molecular flexibility index (Phi) is 6.29. The highest BCUT2D eigenvalue weighted by Crippen LogP contribution is 2.36. The Labute approximate surface area is 192 Å². The first-order chi connectivity index (χ1) is 14.5. The van der Waals surface area contributed by atoms with Crippen LogP contribution in [-0.4, -0.2) is 16.0 Å². The van der Waals surface area contributed by atoms with E-state index < -0.39 is 0 Å². The van der Waals surface area contributed by atoms with Crippen molar-refractivity contribution in [3.63, 3.8) is 0 Å². The molecule has 1 amide bonds. The van der Waals surface area contributed by atoms with Gasteiger partial charge in [0.05, 0.1) is 22.3 Å². The molecule has 1 aromatic heterocycles. The molecule has 0 unspecified atom stereocenters. The number of rotatable bonds is 4. The van der Waals surface area contributed by atoms with E-state index in [0.717, 1.165) is 32.0 Å². The highest BCUT2D eigenvalue weighted by atomic mass is 35.5. The summed E-state index contributed by atoms with van der Waals surface area (Å²) in [7, 11) is 0. The molecular weight excluding hydrogens is 457 g/mol. The predicted octanol–water partition coefficient (Wildman–Crippen LogP) is 6.33. The van der Waals surface area contributed by atoms with Crippen molar-refractivity contribution in [3.05, 3.63) is 82.3 Å². The van der Waals surface area contributed by atoms with Crippen LogP contribution in [0.5, 0.6) is 0 Å². The number of thiocarbonyl (C=S) groups is 1. The molecule has 2 N–H and O–H groups in total. The maximum absolute atomic E-state index is 12.3. The lowest BCUT2D eigenvalue weighted by atomic mass is 10.1. The molecule has 0 bridgehead atoms. The third kappa shape index (κ3) is 4.96. The van der Waals surface area contributed by atoms with Crippen molar-refractivity contribution < 1.29 is 4.79 Å². The minimum absolute atomic E-state index is 0.199. The number of fused-ring (bicyclic) bond motifs is 1. The summed E-state index contributed by atoms with van der Waals surface area (Å²) < 4.78 is 1.08. The molecular formula is C22H15Cl2N3OS2. The van der Waals surface area contributed by atoms with Crippen LogP contribution < -0.4 is 10.6 Å². The molecule has 3 aromatic carbocycles. The standard InChI is InChI=1S/C22H15Cl2N3OS2/c23-14-7-5-13(6-8-14)11-20(28)27-22(29)26-17-10-9-15(24)12-16(17)21-25-18-3-1-2-4-19(18)30-21/h1-10,12H,11H2,(H2,26,27,28,29). The quantitative estimate of drug-likeness (QED) is 0.341. The lowest BCUT2D eigenvalue weighted by Gasteiger charge is -2.13. The van der Waals surface area contributed by atoms with Gasteiger partial charge >= 0.3 is 0 Å². The van der Waals surface area contributed by atoms with Crippen LogP contribution in [0.25, 0.3) is 20.8 Å². The number of carbonyl (C=O) groups excluding carboxylic acids is 1. The zero-order chi connectivity index (χ0) is 21.1. The molecule has 4 aromatic rings. The van der Waals surface area contributed by atoms with Gasteiger partial charge in [0.2, 0.25) is 5.91 Å². The zero-order valence-electron chi connectivity index (χ0n) is 15.5. The van der Waals surface area contributed by atoms with Crippen LogP contribution >= 0.6 is 46.8 Å². The largest absolute Gasteiger partial charge is 0.332 e. The van der Waals surface area contributed by atoms with Crippen molar-refractivity contribution in [1.29, 1.82) is 0 Å². The molecule has 30 heavy (non-hydrogen) atoms. The van der Waals surface area contributed by atoms with Gasteiger partial charge in [0.1, 0.15) is 5.01 Å². The maximum Gasteiger partial charge on any atom is 0.230 e. The van der Waals surface area contributed by atoms with Gasteiger partial charge in [-0.05, 0) is 60.2 Å². The number of anilines is 1. The summed E-state index contributed by atoms with van der Waals surface area (Å²) in [4.78, 5) is 17.0. The Balaban J connectivity index is 1.50. The highest BCUT2D eigenvalue weighted by Gasteiger charge is 2.14. The second-order valence-corrected chi connectivity index (χ2v) is 8.79. The number of halogens is 2. The Morgan fingerprint density at radius 1 is 1.00 bits per heavy atom. The Morgan fingerprint density at radius 2 is 1.73 bits per heavy atom. The number of amides is 1. The Hall–Kier alpha value is -2.51. The Morgan fingerprint density at radius 3 is 2.50 bits per heavy atom. The van der Waals surface area contributed by atoms with Gasteiger partial charge in [0.25, 0.3) is 0 Å². The number of nitrogens with zero attached hydrogens (tertiary/aromatic N) is 1. The van der Waals surface area contributed by atoms with E-state index in [0.29, 0.717) is 10.0 Å². The summed E-state index contributed by atoms with van der Waals surface area (Å²) >= 11 is 19.0. The van der Waals surface area contributed by atoms with E-state index in [2.05, 4.69) is 10.6 Å². The van der Waals surface area contributed by atoms with Gasteiger partial charge in [-0.25, -0.2) is 4.98 Å². The molecule has 0 aliphatic heterocycles. The fraction of sp³-hybridized carbons (Fsp3) is 0.0455. The minimum Gasteiger partial charge on any atom is -0.332 e. The number of thiazole rings is 1. The molecule has 0 fully saturated rings. The highest BCUT2D eigenvalue weighted by molar-refractivity contribution is 7.80. The summed E-state index contributed by atoms with van der Waals surface area (Å²) in [6, 6.07) is 20.5. The first-order valence-corrected chi connectivity index (χ1v) is 11.0. The lowest BCUT2D eigenvalue weighted by Crippen LogP contribution is -2.35. The van der Waals surface area contributed by atoms with Gasteiger partial charge in [-0.2, -0.15) is 0 Å². The fourth-order valence-corrected chi connectivity index (χ4v) is 4.42. The van der Waals surface area contributed by atoms with Gasteiger partial charge in [-0.1, -0.05) is 47.5 Å². The Bertz CT molecular complexity index is 1210. The summed E-state index contributed by atoms with van der Waals surface area (Å²) in [6.07, 6.45) is 0.199. The van der Waals surface area contributed by atoms with E-state index in [1.165, 1.54) is 0 Å². The van der Waals surface area contributed by atoms with Gasteiger partial charge in [0.15, 0.2) is 5.11 Å². The SMILES string of the molecule is O=C(Cc1ccc(Cl)cc1)NC(=S)Nc1ccc(Cl)cc1-c1nc2ccccc2s1. The normalized spacial score (nSPS) is 10.7. The lowest BCUT2D eigenvalue weighted by molar-refractivity contribution is -0.119. The molecule has 0 spiro atoms. The number of benzene rings is 3. The van der Waals surface area contributed by atoms with Crippen LogP contribution in [0.1, 0.15) is 5.56 Å². The van der Waals surface area contributed by atoms with Gasteiger partial charge in [-0.3, -0.25) is 4.79 Å². The summed E-state index contributed by atoms with van der Waals surface area (Å²) in [5.74, 6) is -0.217. The predicted molar refractivity (Wildman–Crippen MR) is 130 cm³/mol. The van der Waals surface area contributed by atoms with Crippen molar-refractivity contribution in [2.75, 3.05) is 5.32 Å². The molecule has 0 aliphatic rings. The maximum atomic E-state index is 12.3. The van der Waals surface area contributed by atoms with Gasteiger partial charge in [0, 0.05) is 15.6 Å². The second kappa shape index (κ2) is 9.10. The third-order valence-corrected chi connectivity index (χ3v) is 6.05. The van der Waals surface area contributed by atoms with Crippen molar-refractivity contribution in [2.24, 2.45) is 0 Å². The van der Waals surface area contributed by atoms with Crippen LogP contribution in [0.2, 0.25) is 10.0 Å². The van der Waals surface area contributed by atoms with Gasteiger partial charge < -0.3 is 10.6 Å². The van der Waals surface area contributed by atoms with E-state index in [4.69, 9.17) is 40.4 Å². The first kappa shape index (κ1) is 20.8. The van der Waals surface area contributed by atoms with Crippen LogP contribution in [0, 0.1) is 0 Å². The zero-order valence-corrected chi connectivity index (χ0v) is 18.6. The smallest absolute Gasteiger partial charge is 0.230 e. The average molecular weight is 472 g/mol. The van der Waals surface area contributed by atoms with Crippen LogP contribution in [0.15, 0.2) is 66.7 Å². The molecule has 0 saturated carbocycles. The van der Waals surface area contributed by atoms with Crippen LogP contribution in [0.3, 0.4) is 0 Å². The molecule has 0 radical (unpaired) electrons. The van der Waals surface area contributed by atoms with E-state index in [9.17, 15) is 4.79 Å². The molecule has 0 saturated heterocycles. The molecule has 0 aliphatic carbocycles. The van der Waals surface area contributed by atoms with Crippen molar-refractivity contribution >= 4 is 73.7 Å². The number of hydrogen-bond donors (Lipinski definition) is 2. The number of hydrogen-bond acceptors (Lipinski definition) is 4. The topological polar surface area (TPSA) is 54.0 Å². The number of carbonyl (C=O) groups is 1. The summed E-state index contributed by atoms with van der Waals surface area (Å²) in [5.41, 5.74) is 3.30. The fourth-order valence-electron chi connectivity index (χ4n) is 2.90. The number of para-hydroxylation sites is 1. The summed E-state index contributed by atoms with van der Waals surface area (Å²) in [5, 5.41) is 8.04. The first-order valence-electron chi connectivity index (χ1n) is 8.99. The number of nitrogens with one attached hydrogen (secondary N) is 2. The number of aromatic nitrogens is 1. The van der Waals surface area contributed by atoms with Crippen molar-refractivity contribution in [1.82, 2.24) is 10.3 Å². The third-order valence-electron chi connectivity index (χ3n) is 4.28.